The predicted molar refractivity (Wildman–Crippen MR) is 71.9 cm³/mol. The van der Waals surface area contributed by atoms with Crippen LogP contribution in [0.15, 0.2) is 18.2 Å². The van der Waals surface area contributed by atoms with Crippen LogP contribution in [0.25, 0.3) is 0 Å². The number of benzene rings is 1. The highest BCUT2D eigenvalue weighted by Gasteiger charge is 2.09. The molecular formula is C14H23FN2. The molecule has 96 valence electrons. The van der Waals surface area contributed by atoms with Crippen molar-refractivity contribution in [2.24, 2.45) is 11.7 Å². The fourth-order valence-electron chi connectivity index (χ4n) is 1.98. The van der Waals surface area contributed by atoms with Crippen LogP contribution in [0, 0.1) is 11.7 Å². The van der Waals surface area contributed by atoms with E-state index < -0.39 is 0 Å². The van der Waals surface area contributed by atoms with Crippen LogP contribution in [0.4, 0.5) is 10.1 Å². The fourth-order valence-corrected chi connectivity index (χ4v) is 1.98. The maximum atomic E-state index is 13.5. The third kappa shape index (κ3) is 4.35. The van der Waals surface area contributed by atoms with Crippen molar-refractivity contribution in [2.45, 2.75) is 27.2 Å². The molecule has 0 heterocycles. The summed E-state index contributed by atoms with van der Waals surface area (Å²) in [6, 6.07) is 5.22. The summed E-state index contributed by atoms with van der Waals surface area (Å²) in [5, 5.41) is 0. The molecule has 0 aromatic heterocycles. The SMILES string of the molecule is CCN(CC(C)C)c1cc(F)cc(CCN)c1. The molecule has 1 aromatic rings. The molecule has 1 aromatic carbocycles. The molecule has 0 spiro atoms. The Bertz CT molecular complexity index is 350. The molecule has 0 saturated heterocycles. The van der Waals surface area contributed by atoms with Crippen molar-refractivity contribution in [3.8, 4) is 0 Å². The van der Waals surface area contributed by atoms with Crippen molar-refractivity contribution in [1.82, 2.24) is 0 Å². The first-order chi connectivity index (χ1) is 8.06. The number of hydrogen-bond donors (Lipinski definition) is 1. The second-order valence-electron chi connectivity index (χ2n) is 4.79. The Labute approximate surface area is 104 Å². The van der Waals surface area contributed by atoms with Gasteiger partial charge >= 0.3 is 0 Å². The van der Waals surface area contributed by atoms with E-state index in [-0.39, 0.29) is 5.82 Å². The van der Waals surface area contributed by atoms with Gasteiger partial charge in [0.25, 0.3) is 0 Å². The second-order valence-corrected chi connectivity index (χ2v) is 4.79. The molecule has 0 atom stereocenters. The molecule has 0 unspecified atom stereocenters. The largest absolute Gasteiger partial charge is 0.371 e. The van der Waals surface area contributed by atoms with Gasteiger partial charge in [0.1, 0.15) is 5.82 Å². The van der Waals surface area contributed by atoms with Gasteiger partial charge in [0.15, 0.2) is 0 Å². The monoisotopic (exact) mass is 238 g/mol. The van der Waals surface area contributed by atoms with E-state index in [2.05, 4.69) is 25.7 Å². The molecule has 0 radical (unpaired) electrons. The minimum atomic E-state index is -0.173. The van der Waals surface area contributed by atoms with E-state index in [1.807, 2.05) is 6.07 Å². The molecule has 0 aliphatic carbocycles. The Kier molecular flexibility index (Phi) is 5.42. The molecule has 2 N–H and O–H groups in total. The third-order valence-electron chi connectivity index (χ3n) is 2.71. The van der Waals surface area contributed by atoms with Crippen LogP contribution in [0.2, 0.25) is 0 Å². The number of nitrogens with two attached hydrogens (primary N) is 1. The van der Waals surface area contributed by atoms with Crippen LogP contribution in [0.1, 0.15) is 26.3 Å². The smallest absolute Gasteiger partial charge is 0.125 e. The molecule has 0 bridgehead atoms. The minimum Gasteiger partial charge on any atom is -0.371 e. The number of halogens is 1. The lowest BCUT2D eigenvalue weighted by Crippen LogP contribution is -2.27. The zero-order chi connectivity index (χ0) is 12.8. The molecule has 0 fully saturated rings. The topological polar surface area (TPSA) is 29.3 Å². The summed E-state index contributed by atoms with van der Waals surface area (Å²) in [7, 11) is 0. The number of anilines is 1. The van der Waals surface area contributed by atoms with Gasteiger partial charge in [-0.3, -0.25) is 0 Å². The summed E-state index contributed by atoms with van der Waals surface area (Å²) in [6.45, 7) is 8.83. The Morgan fingerprint density at radius 2 is 2.00 bits per heavy atom. The Morgan fingerprint density at radius 3 is 2.53 bits per heavy atom. The normalized spacial score (nSPS) is 10.9. The lowest BCUT2D eigenvalue weighted by atomic mass is 10.1. The Morgan fingerprint density at radius 1 is 1.29 bits per heavy atom. The molecule has 3 heteroatoms. The molecule has 0 aliphatic heterocycles. The highest BCUT2D eigenvalue weighted by molar-refractivity contribution is 5.49. The highest BCUT2D eigenvalue weighted by atomic mass is 19.1. The van der Waals surface area contributed by atoms with Gasteiger partial charge < -0.3 is 10.6 Å². The molecule has 1 rings (SSSR count). The highest BCUT2D eigenvalue weighted by Crippen LogP contribution is 2.20. The van der Waals surface area contributed by atoms with E-state index >= 15 is 0 Å². The van der Waals surface area contributed by atoms with Gasteiger partial charge in [0.05, 0.1) is 0 Å². The summed E-state index contributed by atoms with van der Waals surface area (Å²) < 4.78 is 13.5. The van der Waals surface area contributed by atoms with Gasteiger partial charge in [0.2, 0.25) is 0 Å². The predicted octanol–water partition coefficient (Wildman–Crippen LogP) is 2.81. The van der Waals surface area contributed by atoms with Crippen molar-refractivity contribution < 1.29 is 4.39 Å². The summed E-state index contributed by atoms with van der Waals surface area (Å²) in [4.78, 5) is 2.20. The zero-order valence-electron chi connectivity index (χ0n) is 11.0. The summed E-state index contributed by atoms with van der Waals surface area (Å²) >= 11 is 0. The lowest BCUT2D eigenvalue weighted by Gasteiger charge is -2.25. The van der Waals surface area contributed by atoms with Crippen molar-refractivity contribution in [3.63, 3.8) is 0 Å². The lowest BCUT2D eigenvalue weighted by molar-refractivity contribution is 0.607. The summed E-state index contributed by atoms with van der Waals surface area (Å²) in [6.07, 6.45) is 0.726. The number of nitrogens with zero attached hydrogens (tertiary/aromatic N) is 1. The van der Waals surface area contributed by atoms with E-state index in [0.29, 0.717) is 12.5 Å². The molecule has 17 heavy (non-hydrogen) atoms. The second kappa shape index (κ2) is 6.60. The number of hydrogen-bond acceptors (Lipinski definition) is 2. The van der Waals surface area contributed by atoms with E-state index in [4.69, 9.17) is 5.73 Å². The van der Waals surface area contributed by atoms with Crippen molar-refractivity contribution in [3.05, 3.63) is 29.6 Å². The van der Waals surface area contributed by atoms with Crippen LogP contribution in [-0.4, -0.2) is 19.6 Å². The van der Waals surface area contributed by atoms with Gasteiger partial charge in [-0.1, -0.05) is 13.8 Å². The van der Waals surface area contributed by atoms with Crippen LogP contribution in [-0.2, 0) is 6.42 Å². The van der Waals surface area contributed by atoms with Gasteiger partial charge in [-0.15, -0.1) is 0 Å². The van der Waals surface area contributed by atoms with E-state index in [1.165, 1.54) is 0 Å². The van der Waals surface area contributed by atoms with Crippen LogP contribution in [0.5, 0.6) is 0 Å². The van der Waals surface area contributed by atoms with E-state index in [0.717, 1.165) is 30.8 Å². The molecule has 2 nitrogen and oxygen atoms in total. The van der Waals surface area contributed by atoms with E-state index in [1.54, 1.807) is 12.1 Å². The van der Waals surface area contributed by atoms with Gasteiger partial charge in [-0.05, 0) is 49.6 Å². The van der Waals surface area contributed by atoms with Crippen molar-refractivity contribution in [1.29, 1.82) is 0 Å². The zero-order valence-corrected chi connectivity index (χ0v) is 11.0. The van der Waals surface area contributed by atoms with Crippen LogP contribution >= 0.6 is 0 Å². The van der Waals surface area contributed by atoms with Crippen molar-refractivity contribution in [2.75, 3.05) is 24.5 Å². The van der Waals surface area contributed by atoms with Gasteiger partial charge in [-0.2, -0.15) is 0 Å². The van der Waals surface area contributed by atoms with Crippen LogP contribution in [0.3, 0.4) is 0 Å². The third-order valence-corrected chi connectivity index (χ3v) is 2.71. The maximum absolute atomic E-state index is 13.5. The van der Waals surface area contributed by atoms with Gasteiger partial charge in [-0.25, -0.2) is 4.39 Å². The fraction of sp³-hybridized carbons (Fsp3) is 0.571. The summed E-state index contributed by atoms with van der Waals surface area (Å²) in [5.41, 5.74) is 7.45. The molecule has 0 aliphatic rings. The summed E-state index contributed by atoms with van der Waals surface area (Å²) in [5.74, 6) is 0.393. The first kappa shape index (κ1) is 14.0. The van der Waals surface area contributed by atoms with Gasteiger partial charge in [0, 0.05) is 18.8 Å². The van der Waals surface area contributed by atoms with Crippen molar-refractivity contribution >= 4 is 5.69 Å². The first-order valence-electron chi connectivity index (χ1n) is 6.31. The standard InChI is InChI=1S/C14H23FN2/c1-4-17(10-11(2)3)14-8-12(5-6-16)7-13(15)9-14/h7-9,11H,4-6,10,16H2,1-3H3. The Balaban J connectivity index is 2.93. The first-order valence-corrected chi connectivity index (χ1v) is 6.31. The molecular weight excluding hydrogens is 215 g/mol. The number of rotatable bonds is 6. The maximum Gasteiger partial charge on any atom is 0.125 e. The average molecular weight is 238 g/mol. The average Bonchev–Trinajstić information content (AvgIpc) is 2.25. The van der Waals surface area contributed by atoms with Crippen LogP contribution < -0.4 is 10.6 Å². The van der Waals surface area contributed by atoms with E-state index in [9.17, 15) is 4.39 Å². The molecule has 0 saturated carbocycles. The molecule has 0 amide bonds. The Hall–Kier alpha value is -1.09. The quantitative estimate of drug-likeness (QED) is 0.825. The minimum absolute atomic E-state index is 0.173.